The molecular formula is C22H19N3O3. The molecule has 0 saturated carbocycles. The topological polar surface area (TPSA) is 68.3 Å². The van der Waals surface area contributed by atoms with Gasteiger partial charge in [-0.2, -0.15) is 0 Å². The Morgan fingerprint density at radius 1 is 1.00 bits per heavy atom. The van der Waals surface area contributed by atoms with Crippen molar-refractivity contribution in [3.63, 3.8) is 0 Å². The molecule has 0 bridgehead atoms. The summed E-state index contributed by atoms with van der Waals surface area (Å²) in [6.45, 7) is 2.24. The summed E-state index contributed by atoms with van der Waals surface area (Å²) in [6.07, 6.45) is 0. The van der Waals surface area contributed by atoms with Crippen LogP contribution in [-0.4, -0.2) is 22.2 Å². The lowest BCUT2D eigenvalue weighted by Gasteiger charge is -2.23. The van der Waals surface area contributed by atoms with Crippen molar-refractivity contribution in [1.29, 1.82) is 0 Å². The molecule has 0 radical (unpaired) electrons. The van der Waals surface area contributed by atoms with Gasteiger partial charge in [0.05, 0.1) is 5.69 Å². The van der Waals surface area contributed by atoms with Crippen LogP contribution in [0, 0.1) is 0 Å². The summed E-state index contributed by atoms with van der Waals surface area (Å²) >= 11 is 0. The largest absolute Gasteiger partial charge is 0.442 e. The lowest BCUT2D eigenvalue weighted by Crippen LogP contribution is -2.36. The maximum absolute atomic E-state index is 13.1. The molecule has 0 aliphatic carbocycles. The monoisotopic (exact) mass is 373 g/mol. The van der Waals surface area contributed by atoms with Crippen LogP contribution in [0.15, 0.2) is 82.1 Å². The molecule has 0 spiro atoms. The molecule has 0 aliphatic rings. The van der Waals surface area contributed by atoms with Crippen molar-refractivity contribution in [1.82, 2.24) is 9.72 Å². The number of carbonyl (C=O) groups is 1. The van der Waals surface area contributed by atoms with Gasteiger partial charge in [0.1, 0.15) is 6.54 Å². The smallest absolute Gasteiger partial charge is 0.311 e. The number of hydrogen-bond acceptors (Lipinski definition) is 4. The Morgan fingerprint density at radius 3 is 2.50 bits per heavy atom. The van der Waals surface area contributed by atoms with Gasteiger partial charge in [-0.05, 0) is 18.4 Å². The van der Waals surface area contributed by atoms with Crippen LogP contribution in [0.25, 0.3) is 22.2 Å². The molecule has 0 aliphatic heterocycles. The molecule has 1 amide bonds. The summed E-state index contributed by atoms with van der Waals surface area (Å²) in [7, 11) is 0. The summed E-state index contributed by atoms with van der Waals surface area (Å²) < 4.78 is 6.10. The third kappa shape index (κ3) is 3.20. The minimum Gasteiger partial charge on any atom is -0.311 e. The van der Waals surface area contributed by atoms with E-state index in [1.54, 1.807) is 4.90 Å². The number of aromatic nitrogens is 2. The Balaban J connectivity index is 1.70. The van der Waals surface area contributed by atoms with Crippen LogP contribution in [-0.2, 0) is 11.3 Å². The number of fused-ring (bicyclic) bond motifs is 1. The molecule has 6 heteroatoms. The van der Waals surface area contributed by atoms with Crippen LogP contribution in [0.4, 0.5) is 5.69 Å². The molecule has 0 unspecified atom stereocenters. The highest BCUT2D eigenvalue weighted by atomic mass is 16.5. The second-order valence-electron chi connectivity index (χ2n) is 6.36. The first-order valence-electron chi connectivity index (χ1n) is 9.09. The van der Waals surface area contributed by atoms with Crippen LogP contribution in [0.2, 0.25) is 0 Å². The lowest BCUT2D eigenvalue weighted by atomic mass is 10.1. The number of rotatable bonds is 5. The normalized spacial score (nSPS) is 10.9. The fourth-order valence-electron chi connectivity index (χ4n) is 3.35. The first-order chi connectivity index (χ1) is 13.7. The highest BCUT2D eigenvalue weighted by molar-refractivity contribution is 6.03. The second-order valence-corrected chi connectivity index (χ2v) is 6.36. The predicted molar refractivity (Wildman–Crippen MR) is 108 cm³/mol. The quantitative estimate of drug-likeness (QED) is 0.535. The number of nitrogens with zero attached hydrogens (tertiary/aromatic N) is 3. The summed E-state index contributed by atoms with van der Waals surface area (Å²) in [6, 6.07) is 23.0. The summed E-state index contributed by atoms with van der Waals surface area (Å²) in [5, 5.41) is 5.89. The third-order valence-corrected chi connectivity index (χ3v) is 4.69. The van der Waals surface area contributed by atoms with E-state index in [0.29, 0.717) is 17.9 Å². The molecule has 0 fully saturated rings. The summed E-state index contributed by atoms with van der Waals surface area (Å²) in [5.41, 5.74) is 1.53. The van der Waals surface area contributed by atoms with E-state index in [4.69, 9.17) is 4.52 Å². The Kier molecular flexibility index (Phi) is 4.76. The maximum atomic E-state index is 13.1. The zero-order chi connectivity index (χ0) is 19.5. The number of anilines is 1. The number of amides is 1. The fraction of sp³-hybridized carbons (Fsp3) is 0.136. The van der Waals surface area contributed by atoms with Gasteiger partial charge >= 0.3 is 5.76 Å². The van der Waals surface area contributed by atoms with Gasteiger partial charge in [-0.3, -0.25) is 9.32 Å². The van der Waals surface area contributed by atoms with Crippen LogP contribution >= 0.6 is 0 Å². The van der Waals surface area contributed by atoms with Gasteiger partial charge in [-0.1, -0.05) is 71.9 Å². The minimum absolute atomic E-state index is 0.149. The first-order valence-corrected chi connectivity index (χ1v) is 9.09. The molecule has 3 aromatic carbocycles. The Labute approximate surface area is 161 Å². The van der Waals surface area contributed by atoms with Crippen molar-refractivity contribution in [3.05, 3.63) is 83.3 Å². The van der Waals surface area contributed by atoms with Crippen molar-refractivity contribution in [2.75, 3.05) is 11.4 Å². The lowest BCUT2D eigenvalue weighted by molar-refractivity contribution is -0.119. The molecule has 140 valence electrons. The van der Waals surface area contributed by atoms with Crippen molar-refractivity contribution in [2.24, 2.45) is 0 Å². The molecule has 1 aromatic heterocycles. The van der Waals surface area contributed by atoms with Crippen LogP contribution in [0.5, 0.6) is 0 Å². The SMILES string of the molecule is CCN(C(=O)Cn1c(-c2ccccc2)noc1=O)c1cccc2ccccc12. The molecule has 1 heterocycles. The van der Waals surface area contributed by atoms with Crippen molar-refractivity contribution >= 4 is 22.4 Å². The zero-order valence-electron chi connectivity index (χ0n) is 15.4. The fourth-order valence-corrected chi connectivity index (χ4v) is 3.35. The summed E-state index contributed by atoms with van der Waals surface area (Å²) in [4.78, 5) is 27.0. The standard InChI is InChI=1S/C22H19N3O3/c1-2-24(19-14-8-12-16-9-6-7-13-18(16)19)20(26)15-25-21(23-28-22(25)27)17-10-4-3-5-11-17/h3-14H,2,15H2,1H3. The van der Waals surface area contributed by atoms with Gasteiger partial charge in [-0.15, -0.1) is 0 Å². The van der Waals surface area contributed by atoms with Gasteiger partial charge in [0, 0.05) is 17.5 Å². The zero-order valence-corrected chi connectivity index (χ0v) is 15.4. The van der Waals surface area contributed by atoms with E-state index in [1.165, 1.54) is 4.57 Å². The molecule has 4 rings (SSSR count). The molecular weight excluding hydrogens is 354 g/mol. The number of benzene rings is 3. The third-order valence-electron chi connectivity index (χ3n) is 4.69. The van der Waals surface area contributed by atoms with Gasteiger partial charge in [-0.25, -0.2) is 9.36 Å². The molecule has 4 aromatic rings. The number of carbonyl (C=O) groups excluding carboxylic acids is 1. The average Bonchev–Trinajstić information content (AvgIpc) is 3.09. The van der Waals surface area contributed by atoms with Crippen LogP contribution in [0.3, 0.4) is 0 Å². The molecule has 28 heavy (non-hydrogen) atoms. The van der Waals surface area contributed by atoms with E-state index >= 15 is 0 Å². The van der Waals surface area contributed by atoms with E-state index in [-0.39, 0.29) is 12.5 Å². The van der Waals surface area contributed by atoms with Gasteiger partial charge in [0.15, 0.2) is 5.82 Å². The molecule has 0 atom stereocenters. The molecule has 0 saturated heterocycles. The van der Waals surface area contributed by atoms with Crippen LogP contribution in [0.1, 0.15) is 6.92 Å². The molecule has 0 N–H and O–H groups in total. The number of hydrogen-bond donors (Lipinski definition) is 0. The van der Waals surface area contributed by atoms with E-state index < -0.39 is 5.76 Å². The van der Waals surface area contributed by atoms with Crippen LogP contribution < -0.4 is 10.7 Å². The van der Waals surface area contributed by atoms with E-state index in [2.05, 4.69) is 5.16 Å². The van der Waals surface area contributed by atoms with E-state index in [1.807, 2.05) is 79.7 Å². The second kappa shape index (κ2) is 7.52. The van der Waals surface area contributed by atoms with Gasteiger partial charge in [0.2, 0.25) is 5.91 Å². The maximum Gasteiger partial charge on any atom is 0.442 e. The van der Waals surface area contributed by atoms with Gasteiger partial charge in [0.25, 0.3) is 0 Å². The Hall–Kier alpha value is -3.67. The highest BCUT2D eigenvalue weighted by Crippen LogP contribution is 2.27. The Bertz CT molecular complexity index is 1170. The predicted octanol–water partition coefficient (Wildman–Crippen LogP) is 3.71. The highest BCUT2D eigenvalue weighted by Gasteiger charge is 2.21. The van der Waals surface area contributed by atoms with E-state index in [0.717, 1.165) is 16.5 Å². The summed E-state index contributed by atoms with van der Waals surface area (Å²) in [5.74, 6) is -0.518. The average molecular weight is 373 g/mol. The van der Waals surface area contributed by atoms with Crippen molar-refractivity contribution in [2.45, 2.75) is 13.5 Å². The van der Waals surface area contributed by atoms with Crippen molar-refractivity contribution in [3.8, 4) is 11.4 Å². The minimum atomic E-state index is -0.652. The molecule has 6 nitrogen and oxygen atoms in total. The van der Waals surface area contributed by atoms with E-state index in [9.17, 15) is 9.59 Å². The Morgan fingerprint density at radius 2 is 1.71 bits per heavy atom. The number of likely N-dealkylation sites (N-methyl/N-ethyl adjacent to an activating group) is 1. The van der Waals surface area contributed by atoms with Crippen molar-refractivity contribution < 1.29 is 9.32 Å². The van der Waals surface area contributed by atoms with Gasteiger partial charge < -0.3 is 4.90 Å². The first kappa shape index (κ1) is 17.7.